The Hall–Kier alpha value is -2.61. The van der Waals surface area contributed by atoms with E-state index in [2.05, 4.69) is 16.9 Å². The molecule has 20 heavy (non-hydrogen) atoms. The van der Waals surface area contributed by atoms with E-state index in [0.29, 0.717) is 18.2 Å². The average molecular weight is 267 g/mol. The number of nitrogens with two attached hydrogens (primary N) is 1. The van der Waals surface area contributed by atoms with Gasteiger partial charge in [-0.15, -0.1) is 0 Å². The van der Waals surface area contributed by atoms with E-state index in [4.69, 9.17) is 11.0 Å². The number of hydrogen-bond acceptors (Lipinski definition) is 5. The lowest BCUT2D eigenvalue weighted by Crippen LogP contribution is -2.26. The van der Waals surface area contributed by atoms with E-state index in [9.17, 15) is 0 Å². The number of nitrogen functional groups attached to an aromatic ring is 1. The van der Waals surface area contributed by atoms with Crippen LogP contribution in [0.15, 0.2) is 36.5 Å². The Labute approximate surface area is 118 Å². The van der Waals surface area contributed by atoms with Crippen LogP contribution in [0.4, 0.5) is 11.6 Å². The van der Waals surface area contributed by atoms with Gasteiger partial charge in [-0.05, 0) is 24.1 Å². The van der Waals surface area contributed by atoms with Crippen LogP contribution in [-0.4, -0.2) is 16.5 Å². The summed E-state index contributed by atoms with van der Waals surface area (Å²) in [5.74, 6) is 0.564. The normalized spacial score (nSPS) is 10.0. The smallest absolute Gasteiger partial charge is 0.226 e. The largest absolute Gasteiger partial charge is 0.398 e. The van der Waals surface area contributed by atoms with Crippen molar-refractivity contribution in [2.75, 3.05) is 17.2 Å². The number of para-hydroxylation sites is 1. The Balaban J connectivity index is 2.27. The molecule has 0 saturated heterocycles. The van der Waals surface area contributed by atoms with Gasteiger partial charge in [-0.3, -0.25) is 0 Å². The molecule has 0 bridgehead atoms. The molecule has 0 atom stereocenters. The van der Waals surface area contributed by atoms with E-state index in [-0.39, 0.29) is 0 Å². The molecule has 0 unspecified atom stereocenters. The van der Waals surface area contributed by atoms with E-state index in [1.54, 1.807) is 12.3 Å². The summed E-state index contributed by atoms with van der Waals surface area (Å²) >= 11 is 0. The number of benzene rings is 1. The van der Waals surface area contributed by atoms with E-state index in [1.165, 1.54) is 0 Å². The van der Waals surface area contributed by atoms with Crippen LogP contribution in [-0.2, 0) is 6.54 Å². The van der Waals surface area contributed by atoms with Gasteiger partial charge >= 0.3 is 0 Å². The third-order valence-corrected chi connectivity index (χ3v) is 2.95. The highest BCUT2D eigenvalue weighted by Crippen LogP contribution is 2.17. The topological polar surface area (TPSA) is 78.8 Å². The van der Waals surface area contributed by atoms with Gasteiger partial charge in [-0.1, -0.05) is 25.1 Å². The van der Waals surface area contributed by atoms with Gasteiger partial charge in [0, 0.05) is 25.0 Å². The maximum atomic E-state index is 8.93. The second-order valence-corrected chi connectivity index (χ2v) is 4.47. The van der Waals surface area contributed by atoms with Crippen LogP contribution in [0.3, 0.4) is 0 Å². The second kappa shape index (κ2) is 6.53. The first-order chi connectivity index (χ1) is 9.74. The number of anilines is 2. The molecule has 2 aromatic rings. The molecule has 1 aromatic heterocycles. The zero-order chi connectivity index (χ0) is 14.4. The SMILES string of the molecule is CCCN(Cc1ccccc1N)c1nccc(C#N)n1. The number of nitrogens with zero attached hydrogens (tertiary/aromatic N) is 4. The predicted octanol–water partition coefficient (Wildman–Crippen LogP) is 2.35. The predicted molar refractivity (Wildman–Crippen MR) is 78.9 cm³/mol. The zero-order valence-electron chi connectivity index (χ0n) is 11.5. The average Bonchev–Trinajstić information content (AvgIpc) is 2.49. The van der Waals surface area contributed by atoms with Crippen LogP contribution in [0, 0.1) is 11.3 Å². The quantitative estimate of drug-likeness (QED) is 0.841. The fourth-order valence-electron chi connectivity index (χ4n) is 1.97. The third kappa shape index (κ3) is 3.23. The van der Waals surface area contributed by atoms with Crippen molar-refractivity contribution >= 4 is 11.6 Å². The standard InChI is InChI=1S/C15H17N5/c1-2-9-20(11-12-5-3-4-6-14(12)17)15-18-8-7-13(10-16)19-15/h3-8H,2,9,11,17H2,1H3. The van der Waals surface area contributed by atoms with Crippen LogP contribution < -0.4 is 10.6 Å². The molecule has 0 spiro atoms. The minimum atomic E-state index is 0.372. The van der Waals surface area contributed by atoms with Crippen molar-refractivity contribution in [2.45, 2.75) is 19.9 Å². The minimum absolute atomic E-state index is 0.372. The fourth-order valence-corrected chi connectivity index (χ4v) is 1.97. The van der Waals surface area contributed by atoms with Gasteiger partial charge in [0.2, 0.25) is 5.95 Å². The van der Waals surface area contributed by atoms with Crippen molar-refractivity contribution in [1.82, 2.24) is 9.97 Å². The molecule has 1 aromatic carbocycles. The number of hydrogen-bond donors (Lipinski definition) is 1. The molecular formula is C15H17N5. The van der Waals surface area contributed by atoms with Crippen molar-refractivity contribution in [3.63, 3.8) is 0 Å². The molecule has 102 valence electrons. The Bertz CT molecular complexity index is 618. The molecule has 0 radical (unpaired) electrons. The van der Waals surface area contributed by atoms with Gasteiger partial charge in [-0.2, -0.15) is 5.26 Å². The molecule has 5 heteroatoms. The van der Waals surface area contributed by atoms with Gasteiger partial charge in [0.15, 0.2) is 0 Å². The molecule has 5 nitrogen and oxygen atoms in total. The molecule has 0 aliphatic carbocycles. The highest BCUT2D eigenvalue weighted by atomic mass is 15.2. The van der Waals surface area contributed by atoms with Crippen LogP contribution in [0.5, 0.6) is 0 Å². The van der Waals surface area contributed by atoms with Crippen LogP contribution in [0.1, 0.15) is 24.6 Å². The lowest BCUT2D eigenvalue weighted by Gasteiger charge is -2.22. The molecule has 0 aliphatic rings. The van der Waals surface area contributed by atoms with Crippen molar-refractivity contribution in [1.29, 1.82) is 5.26 Å². The minimum Gasteiger partial charge on any atom is -0.398 e. The first-order valence-corrected chi connectivity index (χ1v) is 6.56. The van der Waals surface area contributed by atoms with Gasteiger partial charge in [0.25, 0.3) is 0 Å². The van der Waals surface area contributed by atoms with E-state index in [0.717, 1.165) is 24.2 Å². The monoisotopic (exact) mass is 267 g/mol. The van der Waals surface area contributed by atoms with Crippen molar-refractivity contribution in [3.8, 4) is 6.07 Å². The van der Waals surface area contributed by atoms with Crippen LogP contribution in [0.25, 0.3) is 0 Å². The summed E-state index contributed by atoms with van der Waals surface area (Å²) in [4.78, 5) is 10.5. The fraction of sp³-hybridized carbons (Fsp3) is 0.267. The summed E-state index contributed by atoms with van der Waals surface area (Å²) in [6, 6.07) is 11.4. The van der Waals surface area contributed by atoms with E-state index < -0.39 is 0 Å². The maximum Gasteiger partial charge on any atom is 0.226 e. The lowest BCUT2D eigenvalue weighted by molar-refractivity contribution is 0.739. The molecule has 0 aliphatic heterocycles. The third-order valence-electron chi connectivity index (χ3n) is 2.95. The molecule has 0 saturated carbocycles. The van der Waals surface area contributed by atoms with E-state index >= 15 is 0 Å². The highest BCUT2D eigenvalue weighted by molar-refractivity contribution is 5.48. The molecule has 2 rings (SSSR count). The number of nitriles is 1. The summed E-state index contributed by atoms with van der Waals surface area (Å²) in [5, 5.41) is 8.93. The zero-order valence-corrected chi connectivity index (χ0v) is 11.5. The van der Waals surface area contributed by atoms with Gasteiger partial charge in [0.1, 0.15) is 11.8 Å². The Kier molecular flexibility index (Phi) is 4.51. The Morgan fingerprint density at radius 1 is 1.30 bits per heavy atom. The van der Waals surface area contributed by atoms with Crippen molar-refractivity contribution in [3.05, 3.63) is 47.8 Å². The Morgan fingerprint density at radius 2 is 2.10 bits per heavy atom. The summed E-state index contributed by atoms with van der Waals surface area (Å²) in [6.07, 6.45) is 2.57. The first-order valence-electron chi connectivity index (χ1n) is 6.56. The Morgan fingerprint density at radius 3 is 2.80 bits per heavy atom. The maximum absolute atomic E-state index is 8.93. The van der Waals surface area contributed by atoms with Crippen molar-refractivity contribution in [2.24, 2.45) is 0 Å². The summed E-state index contributed by atoms with van der Waals surface area (Å²) < 4.78 is 0. The second-order valence-electron chi connectivity index (χ2n) is 4.47. The number of rotatable bonds is 5. The van der Waals surface area contributed by atoms with Gasteiger partial charge < -0.3 is 10.6 Å². The lowest BCUT2D eigenvalue weighted by atomic mass is 10.1. The van der Waals surface area contributed by atoms with Gasteiger partial charge in [-0.25, -0.2) is 9.97 Å². The molecule has 1 heterocycles. The van der Waals surface area contributed by atoms with Crippen molar-refractivity contribution < 1.29 is 0 Å². The molecule has 0 amide bonds. The molecular weight excluding hydrogens is 250 g/mol. The first kappa shape index (κ1) is 13.8. The van der Waals surface area contributed by atoms with E-state index in [1.807, 2.05) is 35.2 Å². The van der Waals surface area contributed by atoms with Gasteiger partial charge in [0.05, 0.1) is 0 Å². The summed E-state index contributed by atoms with van der Waals surface area (Å²) in [5.41, 5.74) is 8.14. The summed E-state index contributed by atoms with van der Waals surface area (Å²) in [6.45, 7) is 3.54. The summed E-state index contributed by atoms with van der Waals surface area (Å²) in [7, 11) is 0. The van der Waals surface area contributed by atoms with Crippen LogP contribution >= 0.6 is 0 Å². The number of aromatic nitrogens is 2. The molecule has 0 fully saturated rings. The molecule has 2 N–H and O–H groups in total. The highest BCUT2D eigenvalue weighted by Gasteiger charge is 2.11. The van der Waals surface area contributed by atoms with Crippen LogP contribution in [0.2, 0.25) is 0 Å².